The third-order valence-corrected chi connectivity index (χ3v) is 3.96. The molecule has 4 heteroatoms. The summed E-state index contributed by atoms with van der Waals surface area (Å²) in [5.74, 6) is 0.0150. The zero-order chi connectivity index (χ0) is 13.4. The Kier molecular flexibility index (Phi) is 3.29. The average molecular weight is 379 g/mol. The summed E-state index contributed by atoms with van der Waals surface area (Å²) >= 11 is 6.82. The van der Waals surface area contributed by atoms with E-state index in [0.717, 1.165) is 19.8 Å². The maximum absolute atomic E-state index is 12.6. The number of hydrogen-bond donors (Lipinski definition) is 1. The smallest absolute Gasteiger partial charge is 0.195 e. The predicted molar refractivity (Wildman–Crippen MR) is 83.6 cm³/mol. The number of halogens is 2. The van der Waals surface area contributed by atoms with E-state index in [0.29, 0.717) is 11.1 Å². The van der Waals surface area contributed by atoms with Crippen LogP contribution in [0.15, 0.2) is 57.6 Å². The summed E-state index contributed by atoms with van der Waals surface area (Å²) in [6.45, 7) is 0. The van der Waals surface area contributed by atoms with E-state index in [1.54, 1.807) is 0 Å². The van der Waals surface area contributed by atoms with Crippen molar-refractivity contribution in [1.82, 2.24) is 4.98 Å². The number of ketones is 1. The van der Waals surface area contributed by atoms with Gasteiger partial charge in [0.2, 0.25) is 0 Å². The molecule has 0 atom stereocenters. The Morgan fingerprint density at radius 2 is 1.68 bits per heavy atom. The van der Waals surface area contributed by atoms with E-state index >= 15 is 0 Å². The van der Waals surface area contributed by atoms with Gasteiger partial charge in [-0.2, -0.15) is 0 Å². The number of hydrogen-bond acceptors (Lipinski definition) is 1. The second-order valence-electron chi connectivity index (χ2n) is 4.23. The molecule has 0 spiro atoms. The SMILES string of the molecule is O=C(c1ccc(Br)cc1)c1cc(Br)cc2cc[nH]c12. The fourth-order valence-corrected chi connectivity index (χ4v) is 2.81. The maximum Gasteiger partial charge on any atom is 0.195 e. The van der Waals surface area contributed by atoms with Gasteiger partial charge in [-0.1, -0.05) is 31.9 Å². The Morgan fingerprint density at radius 3 is 2.42 bits per heavy atom. The van der Waals surface area contributed by atoms with E-state index in [-0.39, 0.29) is 5.78 Å². The summed E-state index contributed by atoms with van der Waals surface area (Å²) in [5, 5.41) is 1.02. The second kappa shape index (κ2) is 4.94. The van der Waals surface area contributed by atoms with Crippen molar-refractivity contribution in [3.8, 4) is 0 Å². The molecule has 1 heterocycles. The molecule has 2 nitrogen and oxygen atoms in total. The molecule has 1 aromatic heterocycles. The van der Waals surface area contributed by atoms with Gasteiger partial charge in [0.1, 0.15) is 0 Å². The largest absolute Gasteiger partial charge is 0.361 e. The van der Waals surface area contributed by atoms with Crippen molar-refractivity contribution in [2.24, 2.45) is 0 Å². The Hall–Kier alpha value is -1.39. The van der Waals surface area contributed by atoms with Crippen molar-refractivity contribution in [2.75, 3.05) is 0 Å². The van der Waals surface area contributed by atoms with Crippen LogP contribution >= 0.6 is 31.9 Å². The van der Waals surface area contributed by atoms with E-state index in [4.69, 9.17) is 0 Å². The highest BCUT2D eigenvalue weighted by molar-refractivity contribution is 9.10. The Bertz CT molecular complexity index is 759. The van der Waals surface area contributed by atoms with Crippen LogP contribution in [0.2, 0.25) is 0 Å². The van der Waals surface area contributed by atoms with Crippen molar-refractivity contribution >= 4 is 48.5 Å². The van der Waals surface area contributed by atoms with Crippen LogP contribution in [0.3, 0.4) is 0 Å². The summed E-state index contributed by atoms with van der Waals surface area (Å²) in [5.41, 5.74) is 2.23. The molecular formula is C15H9Br2NO. The first-order chi connectivity index (χ1) is 9.15. The molecule has 0 saturated carbocycles. The predicted octanol–water partition coefficient (Wildman–Crippen LogP) is 4.92. The Balaban J connectivity index is 2.15. The molecule has 0 aliphatic heterocycles. The third-order valence-electron chi connectivity index (χ3n) is 2.98. The molecule has 0 radical (unpaired) electrons. The lowest BCUT2D eigenvalue weighted by atomic mass is 10.0. The first-order valence-electron chi connectivity index (χ1n) is 5.72. The van der Waals surface area contributed by atoms with E-state index < -0.39 is 0 Å². The highest BCUT2D eigenvalue weighted by atomic mass is 79.9. The topological polar surface area (TPSA) is 32.9 Å². The lowest BCUT2D eigenvalue weighted by Crippen LogP contribution is -2.02. The van der Waals surface area contributed by atoms with Crippen molar-refractivity contribution in [2.45, 2.75) is 0 Å². The number of aromatic nitrogens is 1. The molecular weight excluding hydrogens is 370 g/mol. The average Bonchev–Trinajstić information content (AvgIpc) is 2.85. The fraction of sp³-hybridized carbons (Fsp3) is 0. The lowest BCUT2D eigenvalue weighted by molar-refractivity contribution is 0.104. The van der Waals surface area contributed by atoms with Crippen LogP contribution in [0.25, 0.3) is 10.9 Å². The standard InChI is InChI=1S/C15H9Br2NO/c16-11-3-1-9(2-4-11)15(19)13-8-12(17)7-10-5-6-18-14(10)13/h1-8,18H. The van der Waals surface area contributed by atoms with E-state index in [1.807, 2.05) is 48.7 Å². The molecule has 3 aromatic rings. The summed E-state index contributed by atoms with van der Waals surface area (Å²) in [6, 6.07) is 13.2. The number of H-pyrrole nitrogens is 1. The van der Waals surface area contributed by atoms with Crippen LogP contribution in [0, 0.1) is 0 Å². The molecule has 0 bridgehead atoms. The van der Waals surface area contributed by atoms with Crippen LogP contribution in [-0.4, -0.2) is 10.8 Å². The number of fused-ring (bicyclic) bond motifs is 1. The van der Waals surface area contributed by atoms with Gasteiger partial charge in [0, 0.05) is 31.7 Å². The van der Waals surface area contributed by atoms with Gasteiger partial charge in [0.15, 0.2) is 5.78 Å². The zero-order valence-electron chi connectivity index (χ0n) is 9.78. The first-order valence-corrected chi connectivity index (χ1v) is 7.30. The number of nitrogens with one attached hydrogen (secondary N) is 1. The third kappa shape index (κ3) is 2.38. The van der Waals surface area contributed by atoms with Gasteiger partial charge in [-0.25, -0.2) is 0 Å². The second-order valence-corrected chi connectivity index (χ2v) is 6.06. The molecule has 0 fully saturated rings. The molecule has 19 heavy (non-hydrogen) atoms. The van der Waals surface area contributed by atoms with E-state index in [1.165, 1.54) is 0 Å². The highest BCUT2D eigenvalue weighted by Gasteiger charge is 2.14. The van der Waals surface area contributed by atoms with Crippen molar-refractivity contribution in [3.63, 3.8) is 0 Å². The fourth-order valence-electron chi connectivity index (χ4n) is 2.07. The Labute approximate surface area is 127 Å². The van der Waals surface area contributed by atoms with Crippen LogP contribution in [0.5, 0.6) is 0 Å². The molecule has 0 saturated heterocycles. The van der Waals surface area contributed by atoms with Crippen LogP contribution in [0.4, 0.5) is 0 Å². The van der Waals surface area contributed by atoms with Crippen LogP contribution in [0.1, 0.15) is 15.9 Å². The van der Waals surface area contributed by atoms with Gasteiger partial charge in [0.25, 0.3) is 0 Å². The molecule has 0 aliphatic carbocycles. The monoisotopic (exact) mass is 377 g/mol. The molecule has 2 aromatic carbocycles. The lowest BCUT2D eigenvalue weighted by Gasteiger charge is -2.04. The van der Waals surface area contributed by atoms with Crippen molar-refractivity contribution < 1.29 is 4.79 Å². The van der Waals surface area contributed by atoms with Gasteiger partial charge < -0.3 is 4.98 Å². The molecule has 0 amide bonds. The first kappa shape index (κ1) is 12.6. The van der Waals surface area contributed by atoms with Gasteiger partial charge in [-0.05, 0) is 42.5 Å². The number of carbonyl (C=O) groups excluding carboxylic acids is 1. The molecule has 0 unspecified atom stereocenters. The minimum atomic E-state index is 0.0150. The number of rotatable bonds is 2. The Morgan fingerprint density at radius 1 is 0.947 bits per heavy atom. The van der Waals surface area contributed by atoms with Gasteiger partial charge in [0.05, 0.1) is 5.52 Å². The number of aromatic amines is 1. The summed E-state index contributed by atoms with van der Waals surface area (Å²) < 4.78 is 1.86. The number of carbonyl (C=O) groups is 1. The molecule has 3 rings (SSSR count). The summed E-state index contributed by atoms with van der Waals surface area (Å²) in [6.07, 6.45) is 1.84. The van der Waals surface area contributed by atoms with Crippen LogP contribution < -0.4 is 0 Å². The summed E-state index contributed by atoms with van der Waals surface area (Å²) in [4.78, 5) is 15.7. The van der Waals surface area contributed by atoms with Crippen molar-refractivity contribution in [3.05, 3.63) is 68.7 Å². The normalized spacial score (nSPS) is 10.8. The number of benzene rings is 2. The molecule has 0 aliphatic rings. The van der Waals surface area contributed by atoms with E-state index in [9.17, 15) is 4.79 Å². The minimum absolute atomic E-state index is 0.0150. The highest BCUT2D eigenvalue weighted by Crippen LogP contribution is 2.25. The maximum atomic E-state index is 12.6. The minimum Gasteiger partial charge on any atom is -0.361 e. The van der Waals surface area contributed by atoms with E-state index in [2.05, 4.69) is 36.8 Å². The molecule has 1 N–H and O–H groups in total. The van der Waals surface area contributed by atoms with Gasteiger partial charge >= 0.3 is 0 Å². The quantitative estimate of drug-likeness (QED) is 0.630. The zero-order valence-corrected chi connectivity index (χ0v) is 13.0. The van der Waals surface area contributed by atoms with Gasteiger partial charge in [-0.15, -0.1) is 0 Å². The van der Waals surface area contributed by atoms with Gasteiger partial charge in [-0.3, -0.25) is 4.79 Å². The van der Waals surface area contributed by atoms with Crippen LogP contribution in [-0.2, 0) is 0 Å². The molecule has 94 valence electrons. The summed E-state index contributed by atoms with van der Waals surface area (Å²) in [7, 11) is 0. The van der Waals surface area contributed by atoms with Crippen molar-refractivity contribution in [1.29, 1.82) is 0 Å².